The van der Waals surface area contributed by atoms with Crippen LogP contribution in [-0.2, 0) is 5.31 Å². The fourth-order valence-corrected chi connectivity index (χ4v) is 2.17. The number of hydrogen-bond donors (Lipinski definition) is 0. The molecule has 0 aliphatic carbocycles. The average Bonchev–Trinajstić information content (AvgIpc) is 2.34. The zero-order valence-corrected chi connectivity index (χ0v) is 10.5. The molecule has 0 unspecified atom stereocenters. The van der Waals surface area contributed by atoms with Crippen LogP contribution in [0.4, 0.5) is 22.0 Å². The van der Waals surface area contributed by atoms with Gasteiger partial charge in [0.25, 0.3) is 0 Å². The Morgan fingerprint density at radius 2 is 1.22 bits per heavy atom. The van der Waals surface area contributed by atoms with Gasteiger partial charge in [-0.1, -0.05) is 33.1 Å². The average molecular weight is 264 g/mol. The van der Waals surface area contributed by atoms with Crippen LogP contribution < -0.4 is 0 Å². The molecule has 0 N–H and O–H groups in total. The second-order valence-corrected chi connectivity index (χ2v) is 4.61. The Bertz CT molecular complexity index is 431. The van der Waals surface area contributed by atoms with Crippen LogP contribution in [-0.4, -0.2) is 7.85 Å². The molecule has 0 spiro atoms. The zero-order chi connectivity index (χ0) is 14.1. The summed E-state index contributed by atoms with van der Waals surface area (Å²) in [5.74, 6) is -9.29. The van der Waals surface area contributed by atoms with Crippen LogP contribution in [0, 0.1) is 29.1 Å². The lowest BCUT2D eigenvalue weighted by Crippen LogP contribution is -2.30. The molecule has 0 amide bonds. The number of hydrogen-bond acceptors (Lipinski definition) is 0. The van der Waals surface area contributed by atoms with Gasteiger partial charge in [-0.25, -0.2) is 22.0 Å². The van der Waals surface area contributed by atoms with Crippen molar-refractivity contribution in [3.8, 4) is 0 Å². The van der Waals surface area contributed by atoms with Crippen molar-refractivity contribution < 1.29 is 22.0 Å². The predicted octanol–water partition coefficient (Wildman–Crippen LogP) is 3.42. The van der Waals surface area contributed by atoms with E-state index in [1.54, 1.807) is 13.8 Å². The third-order valence-electron chi connectivity index (χ3n) is 3.40. The Morgan fingerprint density at radius 3 is 1.56 bits per heavy atom. The first-order valence-electron chi connectivity index (χ1n) is 5.82. The van der Waals surface area contributed by atoms with E-state index in [1.165, 1.54) is 7.85 Å². The van der Waals surface area contributed by atoms with Gasteiger partial charge in [0.15, 0.2) is 23.3 Å². The van der Waals surface area contributed by atoms with Gasteiger partial charge < -0.3 is 0 Å². The third-order valence-corrected chi connectivity index (χ3v) is 3.40. The number of benzene rings is 1. The molecule has 0 saturated heterocycles. The van der Waals surface area contributed by atoms with E-state index in [0.29, 0.717) is 19.3 Å². The second-order valence-electron chi connectivity index (χ2n) is 4.61. The number of rotatable bonds is 4. The molecule has 0 fully saturated rings. The zero-order valence-electron chi connectivity index (χ0n) is 10.5. The molecule has 0 heterocycles. The first-order chi connectivity index (χ1) is 8.30. The molecule has 0 nitrogen and oxygen atoms in total. The van der Waals surface area contributed by atoms with E-state index in [-0.39, 0.29) is 0 Å². The second kappa shape index (κ2) is 5.28. The Hall–Kier alpha value is -1.07. The topological polar surface area (TPSA) is 0 Å². The minimum absolute atomic E-state index is 0.291. The summed E-state index contributed by atoms with van der Waals surface area (Å²) < 4.78 is 66.6. The van der Waals surface area contributed by atoms with Crippen molar-refractivity contribution >= 4 is 7.85 Å². The monoisotopic (exact) mass is 264 g/mol. The van der Waals surface area contributed by atoms with Gasteiger partial charge in [-0.3, -0.25) is 0 Å². The first kappa shape index (κ1) is 15.0. The summed E-state index contributed by atoms with van der Waals surface area (Å²) in [6.07, 6.45) is 1.23. The van der Waals surface area contributed by atoms with Gasteiger partial charge in [0.05, 0.1) is 0 Å². The van der Waals surface area contributed by atoms with Crippen LogP contribution in [0.2, 0.25) is 0 Å². The Labute approximate surface area is 104 Å². The molecule has 100 valence electrons. The molecule has 0 saturated carbocycles. The Morgan fingerprint density at radius 1 is 0.833 bits per heavy atom. The van der Waals surface area contributed by atoms with Gasteiger partial charge in [0.2, 0.25) is 5.82 Å². The highest BCUT2D eigenvalue weighted by Gasteiger charge is 2.36. The largest absolute Gasteiger partial charge is 0.203 e. The van der Waals surface area contributed by atoms with Gasteiger partial charge in [0.1, 0.15) is 7.85 Å². The van der Waals surface area contributed by atoms with Crippen LogP contribution in [0.1, 0.15) is 38.7 Å². The quantitative estimate of drug-likeness (QED) is 0.338. The fourth-order valence-electron chi connectivity index (χ4n) is 2.17. The van der Waals surface area contributed by atoms with E-state index in [4.69, 9.17) is 0 Å². The molecule has 0 radical (unpaired) electrons. The minimum Gasteiger partial charge on any atom is -0.203 e. The molecule has 0 aliphatic heterocycles. The molecule has 1 aromatic carbocycles. The van der Waals surface area contributed by atoms with Gasteiger partial charge in [0, 0.05) is 5.56 Å². The van der Waals surface area contributed by atoms with Gasteiger partial charge >= 0.3 is 0 Å². The van der Waals surface area contributed by atoms with Crippen molar-refractivity contribution in [2.75, 3.05) is 0 Å². The van der Waals surface area contributed by atoms with E-state index in [1.807, 2.05) is 0 Å². The summed E-state index contributed by atoms with van der Waals surface area (Å²) in [5.41, 5.74) is -0.705. The van der Waals surface area contributed by atoms with Crippen LogP contribution >= 0.6 is 0 Å². The summed E-state index contributed by atoms with van der Waals surface area (Å²) in [4.78, 5) is 0. The SMILES string of the molecule is B[C@@](CC)(CCC)c1c(F)c(F)c(F)c(F)c1F. The van der Waals surface area contributed by atoms with Gasteiger partial charge in [-0.2, -0.15) is 0 Å². The molecule has 0 aromatic heterocycles. The molecule has 1 aromatic rings. The lowest BCUT2D eigenvalue weighted by molar-refractivity contribution is 0.351. The van der Waals surface area contributed by atoms with Crippen LogP contribution in [0.25, 0.3) is 0 Å². The maximum Gasteiger partial charge on any atom is 0.200 e. The summed E-state index contributed by atoms with van der Waals surface area (Å²) in [6.45, 7) is 3.45. The molecule has 6 heteroatoms. The Balaban J connectivity index is 3.59. The summed E-state index contributed by atoms with van der Waals surface area (Å²) in [5, 5.41) is -1.06. The van der Waals surface area contributed by atoms with Crippen molar-refractivity contribution in [2.45, 2.75) is 38.4 Å². The standard InChI is InChI=1S/C12H14BF5/c1-3-5-12(13,4-2)6-7(14)9(16)11(18)10(17)8(6)15/h3-5,13H2,1-2H3/t12-/m0/s1. The minimum atomic E-state index is -2.11. The van der Waals surface area contributed by atoms with Crippen molar-refractivity contribution in [2.24, 2.45) is 0 Å². The number of halogens is 5. The van der Waals surface area contributed by atoms with Gasteiger partial charge in [-0.05, 0) is 5.31 Å². The molecule has 18 heavy (non-hydrogen) atoms. The van der Waals surface area contributed by atoms with Crippen molar-refractivity contribution in [3.63, 3.8) is 0 Å². The lowest BCUT2D eigenvalue weighted by Gasteiger charge is -2.29. The third kappa shape index (κ3) is 2.25. The molecule has 1 rings (SSSR count). The molecule has 1 atom stereocenters. The predicted molar refractivity (Wildman–Crippen MR) is 61.7 cm³/mol. The maximum atomic E-state index is 13.7. The fraction of sp³-hybridized carbons (Fsp3) is 0.500. The molecular weight excluding hydrogens is 250 g/mol. The summed E-state index contributed by atoms with van der Waals surface area (Å²) >= 11 is 0. The van der Waals surface area contributed by atoms with E-state index in [2.05, 4.69) is 0 Å². The molecule has 0 aliphatic rings. The van der Waals surface area contributed by atoms with Crippen molar-refractivity contribution in [1.29, 1.82) is 0 Å². The van der Waals surface area contributed by atoms with Crippen molar-refractivity contribution in [3.05, 3.63) is 34.6 Å². The van der Waals surface area contributed by atoms with E-state index >= 15 is 0 Å². The van der Waals surface area contributed by atoms with E-state index in [9.17, 15) is 22.0 Å². The smallest absolute Gasteiger partial charge is 0.200 e. The van der Waals surface area contributed by atoms with Crippen LogP contribution in [0.5, 0.6) is 0 Å². The summed E-state index contributed by atoms with van der Waals surface area (Å²) in [7, 11) is 1.51. The summed E-state index contributed by atoms with van der Waals surface area (Å²) in [6, 6.07) is 0. The maximum absolute atomic E-state index is 13.7. The first-order valence-corrected chi connectivity index (χ1v) is 5.82. The molecular formula is C12H14BF5. The normalized spacial score (nSPS) is 14.6. The van der Waals surface area contributed by atoms with Crippen LogP contribution in [0.15, 0.2) is 0 Å². The Kier molecular flexibility index (Phi) is 4.40. The highest BCUT2D eigenvalue weighted by atomic mass is 19.2. The van der Waals surface area contributed by atoms with Gasteiger partial charge in [-0.15, -0.1) is 0 Å². The van der Waals surface area contributed by atoms with E-state index < -0.39 is 40.0 Å². The van der Waals surface area contributed by atoms with Crippen LogP contribution in [0.3, 0.4) is 0 Å². The highest BCUT2D eigenvalue weighted by molar-refractivity contribution is 6.16. The lowest BCUT2D eigenvalue weighted by atomic mass is 9.59. The van der Waals surface area contributed by atoms with Crippen molar-refractivity contribution in [1.82, 2.24) is 0 Å². The van der Waals surface area contributed by atoms with E-state index in [0.717, 1.165) is 0 Å². The highest BCUT2D eigenvalue weighted by Crippen LogP contribution is 2.36. The molecule has 0 bridgehead atoms.